The highest BCUT2D eigenvalue weighted by atomic mass is 16.2. The molecule has 0 saturated heterocycles. The minimum Gasteiger partial charge on any atom is -0.356 e. The molecule has 0 aliphatic carbocycles. The quantitative estimate of drug-likeness (QED) is 0.178. The molecule has 0 aromatic rings. The Kier molecular flexibility index (Phi) is 22.3. The molecular formula is C26H51N3O2. The van der Waals surface area contributed by atoms with Crippen LogP contribution in [0.3, 0.4) is 0 Å². The lowest BCUT2D eigenvalue weighted by Gasteiger charge is -2.07. The van der Waals surface area contributed by atoms with Gasteiger partial charge in [-0.05, 0) is 39.2 Å². The molecule has 0 fully saturated rings. The molecule has 182 valence electrons. The van der Waals surface area contributed by atoms with Gasteiger partial charge < -0.3 is 16.4 Å². The number of carbonyl (C=O) groups is 2. The molecule has 0 saturated carbocycles. The monoisotopic (exact) mass is 437 g/mol. The summed E-state index contributed by atoms with van der Waals surface area (Å²) in [6.45, 7) is 5.68. The molecule has 0 rings (SSSR count). The largest absolute Gasteiger partial charge is 0.356 e. The SMILES string of the molecule is CCCCCCCC=C(C)NC(=O)CCC(=O)NCCCCCCCCCCCCN. The molecule has 0 radical (unpaired) electrons. The minimum atomic E-state index is -0.0714. The van der Waals surface area contributed by atoms with Crippen molar-refractivity contribution in [2.75, 3.05) is 13.1 Å². The Bertz CT molecular complexity index is 464. The lowest BCUT2D eigenvalue weighted by Crippen LogP contribution is -2.27. The van der Waals surface area contributed by atoms with Crippen LogP contribution in [0.5, 0.6) is 0 Å². The number of rotatable bonds is 22. The van der Waals surface area contributed by atoms with Crippen LogP contribution in [0.1, 0.15) is 129 Å². The van der Waals surface area contributed by atoms with Crippen molar-refractivity contribution in [3.63, 3.8) is 0 Å². The minimum absolute atomic E-state index is 0.0230. The highest BCUT2D eigenvalue weighted by molar-refractivity contribution is 5.84. The maximum absolute atomic E-state index is 12.0. The third kappa shape index (κ3) is 23.1. The average molecular weight is 438 g/mol. The Morgan fingerprint density at radius 1 is 0.710 bits per heavy atom. The first-order valence-electron chi connectivity index (χ1n) is 13.0. The second-order valence-corrected chi connectivity index (χ2v) is 8.81. The van der Waals surface area contributed by atoms with Crippen molar-refractivity contribution < 1.29 is 9.59 Å². The predicted octanol–water partition coefficient (Wildman–Crippen LogP) is 6.12. The van der Waals surface area contributed by atoms with E-state index in [2.05, 4.69) is 23.6 Å². The van der Waals surface area contributed by atoms with Gasteiger partial charge in [0.15, 0.2) is 0 Å². The van der Waals surface area contributed by atoms with E-state index in [1.165, 1.54) is 77.0 Å². The van der Waals surface area contributed by atoms with Crippen LogP contribution in [0, 0.1) is 0 Å². The van der Waals surface area contributed by atoms with Crippen LogP contribution in [-0.4, -0.2) is 24.9 Å². The molecule has 0 aliphatic rings. The Hall–Kier alpha value is -1.36. The normalized spacial score (nSPS) is 11.5. The first-order chi connectivity index (χ1) is 15.1. The summed E-state index contributed by atoms with van der Waals surface area (Å²) in [4.78, 5) is 23.9. The van der Waals surface area contributed by atoms with Gasteiger partial charge in [0, 0.05) is 25.1 Å². The van der Waals surface area contributed by atoms with E-state index in [4.69, 9.17) is 5.73 Å². The third-order valence-electron chi connectivity index (χ3n) is 5.63. The summed E-state index contributed by atoms with van der Waals surface area (Å²) in [7, 11) is 0. The van der Waals surface area contributed by atoms with Crippen molar-refractivity contribution >= 4 is 11.8 Å². The van der Waals surface area contributed by atoms with Crippen molar-refractivity contribution in [2.24, 2.45) is 5.73 Å². The van der Waals surface area contributed by atoms with E-state index < -0.39 is 0 Å². The maximum Gasteiger partial charge on any atom is 0.224 e. The van der Waals surface area contributed by atoms with E-state index in [1.807, 2.05) is 6.92 Å². The summed E-state index contributed by atoms with van der Waals surface area (Å²) in [5, 5.41) is 5.83. The van der Waals surface area contributed by atoms with Crippen molar-refractivity contribution in [3.05, 3.63) is 11.8 Å². The summed E-state index contributed by atoms with van der Waals surface area (Å²) in [5.74, 6) is -0.0944. The molecule has 0 aromatic heterocycles. The van der Waals surface area contributed by atoms with Crippen LogP contribution >= 0.6 is 0 Å². The molecule has 4 N–H and O–H groups in total. The summed E-state index contributed by atoms with van der Waals surface area (Å²) >= 11 is 0. The Morgan fingerprint density at radius 3 is 1.84 bits per heavy atom. The lowest BCUT2D eigenvalue weighted by atomic mass is 10.1. The molecule has 31 heavy (non-hydrogen) atoms. The first kappa shape index (κ1) is 29.6. The van der Waals surface area contributed by atoms with Crippen LogP contribution in [0.15, 0.2) is 11.8 Å². The zero-order chi connectivity index (χ0) is 23.0. The number of allylic oxidation sites excluding steroid dienone is 2. The fourth-order valence-corrected chi connectivity index (χ4v) is 3.63. The number of nitrogens with two attached hydrogens (primary N) is 1. The number of carbonyl (C=O) groups excluding carboxylic acids is 2. The van der Waals surface area contributed by atoms with Crippen LogP contribution in [0.4, 0.5) is 0 Å². The molecule has 0 bridgehead atoms. The number of amides is 2. The standard InChI is InChI=1S/C26H51N3O2/c1-3-4-5-6-13-16-19-24(2)29-26(31)21-20-25(30)28-23-18-15-12-10-8-7-9-11-14-17-22-27/h19H,3-18,20-23,27H2,1-2H3,(H,28,30)(H,29,31). The van der Waals surface area contributed by atoms with E-state index in [0.717, 1.165) is 44.5 Å². The molecule has 0 spiro atoms. The smallest absolute Gasteiger partial charge is 0.224 e. The summed E-state index contributed by atoms with van der Waals surface area (Å²) in [5.41, 5.74) is 6.40. The van der Waals surface area contributed by atoms with Crippen molar-refractivity contribution in [1.82, 2.24) is 10.6 Å². The van der Waals surface area contributed by atoms with Gasteiger partial charge in [-0.25, -0.2) is 0 Å². The van der Waals surface area contributed by atoms with Crippen molar-refractivity contribution in [3.8, 4) is 0 Å². The van der Waals surface area contributed by atoms with E-state index in [0.29, 0.717) is 0 Å². The van der Waals surface area contributed by atoms with Gasteiger partial charge in [-0.2, -0.15) is 0 Å². The van der Waals surface area contributed by atoms with Crippen LogP contribution in [0.25, 0.3) is 0 Å². The summed E-state index contributed by atoms with van der Waals surface area (Å²) < 4.78 is 0. The highest BCUT2D eigenvalue weighted by Gasteiger charge is 2.06. The highest BCUT2D eigenvalue weighted by Crippen LogP contribution is 2.10. The molecule has 5 heteroatoms. The Morgan fingerprint density at radius 2 is 1.23 bits per heavy atom. The maximum atomic E-state index is 12.0. The van der Waals surface area contributed by atoms with Gasteiger partial charge in [0.05, 0.1) is 0 Å². The fourth-order valence-electron chi connectivity index (χ4n) is 3.63. The topological polar surface area (TPSA) is 84.2 Å². The van der Waals surface area contributed by atoms with Crippen LogP contribution in [0.2, 0.25) is 0 Å². The number of hydrogen-bond acceptors (Lipinski definition) is 3. The van der Waals surface area contributed by atoms with Crippen molar-refractivity contribution in [2.45, 2.75) is 129 Å². The van der Waals surface area contributed by atoms with Crippen molar-refractivity contribution in [1.29, 1.82) is 0 Å². The number of hydrogen-bond donors (Lipinski definition) is 3. The van der Waals surface area contributed by atoms with Gasteiger partial charge in [-0.15, -0.1) is 0 Å². The number of unbranched alkanes of at least 4 members (excludes halogenated alkanes) is 14. The van der Waals surface area contributed by atoms with Gasteiger partial charge in [-0.1, -0.05) is 90.0 Å². The molecule has 0 aliphatic heterocycles. The van der Waals surface area contributed by atoms with E-state index >= 15 is 0 Å². The number of nitrogens with one attached hydrogen (secondary N) is 2. The van der Waals surface area contributed by atoms with E-state index in [-0.39, 0.29) is 24.7 Å². The third-order valence-corrected chi connectivity index (χ3v) is 5.63. The molecule has 0 atom stereocenters. The molecule has 0 heterocycles. The van der Waals surface area contributed by atoms with Gasteiger partial charge in [-0.3, -0.25) is 9.59 Å². The van der Waals surface area contributed by atoms with Gasteiger partial charge in [0.25, 0.3) is 0 Å². The van der Waals surface area contributed by atoms with Gasteiger partial charge >= 0.3 is 0 Å². The van der Waals surface area contributed by atoms with E-state index in [9.17, 15) is 9.59 Å². The van der Waals surface area contributed by atoms with E-state index in [1.54, 1.807) is 0 Å². The average Bonchev–Trinajstić information content (AvgIpc) is 2.75. The molecule has 2 amide bonds. The zero-order valence-electron chi connectivity index (χ0n) is 20.6. The molecule has 0 aromatic carbocycles. The summed E-state index contributed by atoms with van der Waals surface area (Å²) in [6, 6.07) is 0. The Labute approximate surface area is 192 Å². The molecular weight excluding hydrogens is 386 g/mol. The first-order valence-corrected chi connectivity index (χ1v) is 13.0. The second-order valence-electron chi connectivity index (χ2n) is 8.81. The Balaban J connectivity index is 3.50. The van der Waals surface area contributed by atoms with Crippen LogP contribution in [-0.2, 0) is 9.59 Å². The molecule has 5 nitrogen and oxygen atoms in total. The summed E-state index contributed by atoms with van der Waals surface area (Å²) in [6.07, 6.45) is 22.3. The lowest BCUT2D eigenvalue weighted by molar-refractivity contribution is -0.126. The van der Waals surface area contributed by atoms with Crippen LogP contribution < -0.4 is 16.4 Å². The van der Waals surface area contributed by atoms with Gasteiger partial charge in [0.1, 0.15) is 0 Å². The zero-order valence-corrected chi connectivity index (χ0v) is 20.6. The predicted molar refractivity (Wildman–Crippen MR) is 133 cm³/mol. The second kappa shape index (κ2) is 23.3. The molecule has 0 unspecified atom stereocenters. The van der Waals surface area contributed by atoms with Gasteiger partial charge in [0.2, 0.25) is 11.8 Å². The fraction of sp³-hybridized carbons (Fsp3) is 0.846.